The van der Waals surface area contributed by atoms with Crippen molar-refractivity contribution in [3.8, 4) is 17.1 Å². The van der Waals surface area contributed by atoms with Crippen LogP contribution in [0.15, 0.2) is 70.5 Å². The van der Waals surface area contributed by atoms with Gasteiger partial charge in [-0.15, -0.1) is 0 Å². The van der Waals surface area contributed by atoms with Crippen LogP contribution < -0.4 is 15.5 Å². The van der Waals surface area contributed by atoms with Crippen molar-refractivity contribution in [1.29, 1.82) is 0 Å². The maximum absolute atomic E-state index is 12.8. The molecule has 0 fully saturated rings. The van der Waals surface area contributed by atoms with Gasteiger partial charge in [0, 0.05) is 17.3 Å². The number of carbonyl (C=O) groups is 1. The Balaban J connectivity index is 1.48. The number of hydrogen-bond acceptors (Lipinski definition) is 6. The molecule has 160 valence electrons. The van der Waals surface area contributed by atoms with Gasteiger partial charge >= 0.3 is 0 Å². The highest BCUT2D eigenvalue weighted by atomic mass is 16.5. The van der Waals surface area contributed by atoms with Gasteiger partial charge in [-0.25, -0.2) is 5.43 Å². The van der Waals surface area contributed by atoms with E-state index < -0.39 is 0 Å². The minimum absolute atomic E-state index is 0.0269. The highest BCUT2D eigenvalue weighted by Crippen LogP contribution is 2.25. The van der Waals surface area contributed by atoms with Gasteiger partial charge in [-0.2, -0.15) is 0 Å². The molecule has 1 unspecified atom stereocenters. The van der Waals surface area contributed by atoms with E-state index in [0.717, 1.165) is 22.7 Å². The first-order valence-electron chi connectivity index (χ1n) is 10.2. The summed E-state index contributed by atoms with van der Waals surface area (Å²) in [6.45, 7) is 6.83. The van der Waals surface area contributed by atoms with Crippen LogP contribution in [0.2, 0.25) is 0 Å². The maximum Gasteiger partial charge on any atom is 0.277 e. The summed E-state index contributed by atoms with van der Waals surface area (Å²) < 4.78 is 10.6. The molecular formula is C24H26N4O3. The number of carbonyl (C=O) groups excluding carboxylic acids is 1. The SMILES string of the molecule is COc1ccc(-c2cc(C(=O)NC3=C(C)N(Cc4ccccc4C)NC3C)no2)cc1. The van der Waals surface area contributed by atoms with Crippen molar-refractivity contribution >= 4 is 5.91 Å². The molecule has 2 N–H and O–H groups in total. The summed E-state index contributed by atoms with van der Waals surface area (Å²) in [7, 11) is 1.61. The molecule has 1 aliphatic heterocycles. The Kier molecular flexibility index (Phi) is 5.77. The lowest BCUT2D eigenvalue weighted by molar-refractivity contribution is 0.0954. The maximum atomic E-state index is 12.8. The van der Waals surface area contributed by atoms with Gasteiger partial charge in [0.2, 0.25) is 0 Å². The number of benzene rings is 2. The van der Waals surface area contributed by atoms with Gasteiger partial charge in [-0.1, -0.05) is 29.4 Å². The molecule has 1 amide bonds. The Morgan fingerprint density at radius 1 is 1.19 bits per heavy atom. The number of methoxy groups -OCH3 is 1. The van der Waals surface area contributed by atoms with E-state index in [0.29, 0.717) is 12.3 Å². The zero-order valence-electron chi connectivity index (χ0n) is 18.1. The lowest BCUT2D eigenvalue weighted by atomic mass is 10.1. The van der Waals surface area contributed by atoms with Gasteiger partial charge < -0.3 is 19.6 Å². The fourth-order valence-corrected chi connectivity index (χ4v) is 3.63. The second-order valence-corrected chi connectivity index (χ2v) is 7.62. The summed E-state index contributed by atoms with van der Waals surface area (Å²) in [5, 5.41) is 9.02. The quantitative estimate of drug-likeness (QED) is 0.629. The number of amides is 1. The summed E-state index contributed by atoms with van der Waals surface area (Å²) in [5.74, 6) is 0.975. The number of aryl methyl sites for hydroxylation is 1. The third-order valence-corrected chi connectivity index (χ3v) is 5.53. The van der Waals surface area contributed by atoms with Crippen LogP contribution in [-0.4, -0.2) is 29.2 Å². The highest BCUT2D eigenvalue weighted by Gasteiger charge is 2.28. The van der Waals surface area contributed by atoms with E-state index >= 15 is 0 Å². The number of rotatable bonds is 6. The molecular weight excluding hydrogens is 392 g/mol. The van der Waals surface area contributed by atoms with Crippen molar-refractivity contribution in [3.05, 3.63) is 82.8 Å². The Labute approximate surface area is 181 Å². The zero-order valence-corrected chi connectivity index (χ0v) is 18.1. The molecule has 2 aromatic carbocycles. The van der Waals surface area contributed by atoms with Gasteiger partial charge in [0.25, 0.3) is 5.91 Å². The van der Waals surface area contributed by atoms with Crippen molar-refractivity contribution in [2.75, 3.05) is 7.11 Å². The normalized spacial score (nSPS) is 16.0. The largest absolute Gasteiger partial charge is 0.497 e. The van der Waals surface area contributed by atoms with E-state index in [9.17, 15) is 4.79 Å². The second kappa shape index (κ2) is 8.65. The Morgan fingerprint density at radius 2 is 1.94 bits per heavy atom. The molecule has 2 heterocycles. The lowest BCUT2D eigenvalue weighted by Gasteiger charge is -2.22. The number of nitrogens with one attached hydrogen (secondary N) is 2. The van der Waals surface area contributed by atoms with E-state index in [1.54, 1.807) is 13.2 Å². The average Bonchev–Trinajstić information content (AvgIpc) is 3.37. The molecule has 0 spiro atoms. The molecule has 0 radical (unpaired) electrons. The first-order valence-corrected chi connectivity index (χ1v) is 10.2. The monoisotopic (exact) mass is 418 g/mol. The van der Waals surface area contributed by atoms with Crippen molar-refractivity contribution in [2.45, 2.75) is 33.4 Å². The van der Waals surface area contributed by atoms with Crippen LogP contribution in [0, 0.1) is 6.92 Å². The Hall–Kier alpha value is -3.58. The van der Waals surface area contributed by atoms with Crippen LogP contribution >= 0.6 is 0 Å². The van der Waals surface area contributed by atoms with Crippen LogP contribution in [0.5, 0.6) is 5.75 Å². The lowest BCUT2D eigenvalue weighted by Crippen LogP contribution is -2.37. The van der Waals surface area contributed by atoms with Gasteiger partial charge in [-0.05, 0) is 56.2 Å². The number of allylic oxidation sites excluding steroid dienone is 1. The van der Waals surface area contributed by atoms with Crippen LogP contribution in [0.1, 0.15) is 35.5 Å². The van der Waals surface area contributed by atoms with E-state index in [4.69, 9.17) is 9.26 Å². The van der Waals surface area contributed by atoms with E-state index in [-0.39, 0.29) is 17.6 Å². The standard InChI is InChI=1S/C24H26N4O3/c1-15-7-5-6-8-19(15)14-28-17(3)23(16(2)26-28)25-24(29)21-13-22(31-27-21)18-9-11-20(30-4)12-10-18/h5-13,16,26H,14H2,1-4H3,(H,25,29). The summed E-state index contributed by atoms with van der Waals surface area (Å²) in [6, 6.07) is 17.3. The highest BCUT2D eigenvalue weighted by molar-refractivity contribution is 5.94. The van der Waals surface area contributed by atoms with Gasteiger partial charge in [-0.3, -0.25) is 4.79 Å². The van der Waals surface area contributed by atoms with E-state index in [2.05, 4.69) is 40.0 Å². The summed E-state index contributed by atoms with van der Waals surface area (Å²) in [6.07, 6.45) is 0. The number of ether oxygens (including phenoxy) is 1. The van der Waals surface area contributed by atoms with Crippen LogP contribution in [0.4, 0.5) is 0 Å². The van der Waals surface area contributed by atoms with Gasteiger partial charge in [0.15, 0.2) is 11.5 Å². The number of aromatic nitrogens is 1. The third kappa shape index (κ3) is 4.32. The van der Waals surface area contributed by atoms with Crippen molar-refractivity contribution in [2.24, 2.45) is 0 Å². The third-order valence-electron chi connectivity index (χ3n) is 5.53. The fraction of sp³-hybridized carbons (Fsp3) is 0.250. The van der Waals surface area contributed by atoms with Crippen molar-refractivity contribution in [1.82, 2.24) is 20.9 Å². The van der Waals surface area contributed by atoms with Crippen LogP contribution in [0.25, 0.3) is 11.3 Å². The predicted octanol–water partition coefficient (Wildman–Crippen LogP) is 4.03. The average molecular weight is 418 g/mol. The first kappa shape index (κ1) is 20.7. The molecule has 7 nitrogen and oxygen atoms in total. The summed E-state index contributed by atoms with van der Waals surface area (Å²) in [4.78, 5) is 12.8. The fourth-order valence-electron chi connectivity index (χ4n) is 3.63. The number of hydrazine groups is 1. The minimum Gasteiger partial charge on any atom is -0.497 e. The Morgan fingerprint density at radius 3 is 2.65 bits per heavy atom. The molecule has 1 aliphatic rings. The molecule has 0 saturated carbocycles. The molecule has 1 atom stereocenters. The number of nitrogens with zero attached hydrogens (tertiary/aromatic N) is 2. The Bertz CT molecular complexity index is 1120. The summed E-state index contributed by atoms with van der Waals surface area (Å²) >= 11 is 0. The van der Waals surface area contributed by atoms with Gasteiger partial charge in [0.05, 0.1) is 25.4 Å². The second-order valence-electron chi connectivity index (χ2n) is 7.62. The molecule has 31 heavy (non-hydrogen) atoms. The zero-order chi connectivity index (χ0) is 22.0. The van der Waals surface area contributed by atoms with E-state index in [1.165, 1.54) is 11.1 Å². The smallest absolute Gasteiger partial charge is 0.277 e. The van der Waals surface area contributed by atoms with Crippen molar-refractivity contribution < 1.29 is 14.1 Å². The number of hydrogen-bond donors (Lipinski definition) is 2. The first-order chi connectivity index (χ1) is 15.0. The van der Waals surface area contributed by atoms with Crippen molar-refractivity contribution in [3.63, 3.8) is 0 Å². The molecule has 7 heteroatoms. The van der Waals surface area contributed by atoms with Crippen LogP contribution in [-0.2, 0) is 6.54 Å². The summed E-state index contributed by atoms with van der Waals surface area (Å²) in [5.41, 5.74) is 8.74. The topological polar surface area (TPSA) is 79.6 Å². The minimum atomic E-state index is -0.302. The molecule has 4 rings (SSSR count). The van der Waals surface area contributed by atoms with E-state index in [1.807, 2.05) is 50.2 Å². The molecule has 0 saturated heterocycles. The predicted molar refractivity (Wildman–Crippen MR) is 118 cm³/mol. The molecule has 1 aromatic heterocycles. The molecule has 0 bridgehead atoms. The molecule has 0 aliphatic carbocycles. The van der Waals surface area contributed by atoms with Crippen LogP contribution in [0.3, 0.4) is 0 Å². The van der Waals surface area contributed by atoms with Gasteiger partial charge in [0.1, 0.15) is 5.75 Å². The molecule has 3 aromatic rings.